The van der Waals surface area contributed by atoms with Crippen LogP contribution in [-0.4, -0.2) is 48.7 Å². The molecule has 0 heterocycles. The summed E-state index contributed by atoms with van der Waals surface area (Å²) in [6, 6.07) is 24.1. The van der Waals surface area contributed by atoms with Crippen LogP contribution in [0.4, 0.5) is 0 Å². The lowest BCUT2D eigenvalue weighted by Gasteiger charge is -2.13. The second-order valence-electron chi connectivity index (χ2n) is 14.6. The molecule has 0 saturated carbocycles. The Kier molecular flexibility index (Phi) is 18.2. The van der Waals surface area contributed by atoms with Crippen LogP contribution < -0.4 is 18.9 Å². The Balaban J connectivity index is 1.03. The lowest BCUT2D eigenvalue weighted by Crippen LogP contribution is -2.20. The highest BCUT2D eigenvalue weighted by Crippen LogP contribution is 2.22. The van der Waals surface area contributed by atoms with Crippen molar-refractivity contribution in [2.24, 2.45) is 0 Å². The zero-order chi connectivity index (χ0) is 44.1. The van der Waals surface area contributed by atoms with Crippen LogP contribution in [0.5, 0.6) is 23.0 Å². The fourth-order valence-electron chi connectivity index (χ4n) is 6.17. The number of allylic oxidation sites excluding steroid dienone is 2. The van der Waals surface area contributed by atoms with E-state index >= 15 is 0 Å². The van der Waals surface area contributed by atoms with Crippen LogP contribution >= 0.6 is 0 Å². The maximum Gasteiger partial charge on any atom is 0.343 e. The van der Waals surface area contributed by atoms with Crippen LogP contribution in [0.1, 0.15) is 132 Å². The molecule has 0 saturated heterocycles. The fraction of sp³-hybridized carbons (Fsp3) is 0.320. The maximum atomic E-state index is 12.8. The molecule has 0 N–H and O–H groups in total. The molecule has 1 aliphatic carbocycles. The van der Waals surface area contributed by atoms with E-state index in [1.165, 1.54) is 99.9 Å². The molecular weight excluding hydrogens is 793 g/mol. The highest BCUT2D eigenvalue weighted by atomic mass is 16.6. The molecule has 0 spiro atoms. The van der Waals surface area contributed by atoms with E-state index in [1.54, 1.807) is 48.5 Å². The zero-order valence-corrected chi connectivity index (χ0v) is 35.2. The number of unbranched alkanes of at least 4 members (excludes halogenated alkanes) is 10. The van der Waals surface area contributed by atoms with Crippen LogP contribution in [0.15, 0.2) is 121 Å². The molecule has 0 atom stereocenters. The van der Waals surface area contributed by atoms with Crippen LogP contribution in [0, 0.1) is 0 Å². The first kappa shape index (κ1) is 46.2. The van der Waals surface area contributed by atoms with E-state index in [4.69, 9.17) is 28.4 Å². The minimum Gasteiger partial charge on any atom is -0.494 e. The lowest BCUT2D eigenvalue weighted by molar-refractivity contribution is -0.118. The maximum absolute atomic E-state index is 12.8. The van der Waals surface area contributed by atoms with Crippen LogP contribution in [0.2, 0.25) is 0 Å². The van der Waals surface area contributed by atoms with E-state index in [1.807, 2.05) is 0 Å². The van der Waals surface area contributed by atoms with Gasteiger partial charge >= 0.3 is 23.9 Å². The van der Waals surface area contributed by atoms with Gasteiger partial charge in [-0.05, 0) is 110 Å². The van der Waals surface area contributed by atoms with Crippen molar-refractivity contribution < 1.29 is 57.2 Å². The van der Waals surface area contributed by atoms with E-state index in [0.717, 1.165) is 37.8 Å². The fourth-order valence-corrected chi connectivity index (χ4v) is 6.17. The second kappa shape index (κ2) is 24.4. The van der Waals surface area contributed by atoms with Crippen molar-refractivity contribution in [2.75, 3.05) is 13.2 Å². The number of carbonyl (C=O) groups excluding carboxylic acids is 6. The molecule has 0 radical (unpaired) electrons. The van der Waals surface area contributed by atoms with Gasteiger partial charge in [-0.25, -0.2) is 19.2 Å². The molecule has 5 rings (SSSR count). The number of benzene rings is 4. The number of ketones is 2. The van der Waals surface area contributed by atoms with E-state index < -0.39 is 47.0 Å². The summed E-state index contributed by atoms with van der Waals surface area (Å²) >= 11 is 0. The number of esters is 4. The largest absolute Gasteiger partial charge is 0.494 e. The Labute approximate surface area is 361 Å². The standard InChI is InChI=1S/C50H52O12/c1-3-5-7-9-11-13-31-57-39-23-15-35(16-24-39)47(53)59-41-27-19-37(20-28-41)49(55)61-45-33-44(52)46(34-43(45)51)62-50(56)38-21-29-42(30-22-38)60-48(54)36-17-25-40(26-18-36)58-32-14-12-10-8-6-4-2/h15-30,33-34H,3-14,31-32H2,1-2H3. The molecule has 0 aromatic heterocycles. The molecule has 12 nitrogen and oxygen atoms in total. The third kappa shape index (κ3) is 14.7. The van der Waals surface area contributed by atoms with Gasteiger partial charge in [0.15, 0.2) is 11.5 Å². The molecule has 0 bridgehead atoms. The van der Waals surface area contributed by atoms with Crippen molar-refractivity contribution in [3.63, 3.8) is 0 Å². The Hall–Kier alpha value is -6.82. The van der Waals surface area contributed by atoms with Gasteiger partial charge in [-0.2, -0.15) is 0 Å². The predicted molar refractivity (Wildman–Crippen MR) is 230 cm³/mol. The van der Waals surface area contributed by atoms with E-state index in [9.17, 15) is 28.8 Å². The Morgan fingerprint density at radius 1 is 0.355 bits per heavy atom. The Bertz CT molecular complexity index is 2040. The summed E-state index contributed by atoms with van der Waals surface area (Å²) < 4.78 is 32.7. The van der Waals surface area contributed by atoms with Crippen molar-refractivity contribution >= 4 is 35.4 Å². The van der Waals surface area contributed by atoms with Gasteiger partial charge in [0.2, 0.25) is 11.6 Å². The minimum atomic E-state index is -0.953. The Morgan fingerprint density at radius 3 is 0.952 bits per heavy atom. The first-order valence-corrected chi connectivity index (χ1v) is 21.2. The quantitative estimate of drug-likeness (QED) is 0.0285. The summed E-state index contributed by atoms with van der Waals surface area (Å²) in [6.07, 6.45) is 15.4. The third-order valence-corrected chi connectivity index (χ3v) is 9.73. The van der Waals surface area contributed by atoms with E-state index in [-0.39, 0.29) is 22.6 Å². The van der Waals surface area contributed by atoms with Crippen LogP contribution in [-0.2, 0) is 19.1 Å². The number of hydrogen-bond acceptors (Lipinski definition) is 12. The molecule has 4 aromatic rings. The zero-order valence-electron chi connectivity index (χ0n) is 35.2. The number of rotatable bonds is 24. The van der Waals surface area contributed by atoms with Gasteiger partial charge in [0.25, 0.3) is 0 Å². The van der Waals surface area contributed by atoms with Crippen LogP contribution in [0.25, 0.3) is 0 Å². The SMILES string of the molecule is CCCCCCCCOc1ccc(C(=O)Oc2ccc(C(=O)OC3=CC(=O)C(OC(=O)c4ccc(OC(=O)c5ccc(OCCCCCCCC)cc5)cc4)=CC3=O)cc2)cc1. The van der Waals surface area contributed by atoms with Gasteiger partial charge in [-0.1, -0.05) is 78.1 Å². The van der Waals surface area contributed by atoms with Gasteiger partial charge in [-0.15, -0.1) is 0 Å². The average Bonchev–Trinajstić information content (AvgIpc) is 3.28. The minimum absolute atomic E-state index is 0.00901. The monoisotopic (exact) mass is 844 g/mol. The molecule has 1 aliphatic rings. The van der Waals surface area contributed by atoms with Crippen molar-refractivity contribution in [3.8, 4) is 23.0 Å². The summed E-state index contributed by atoms with van der Waals surface area (Å²) in [7, 11) is 0. The summed E-state index contributed by atoms with van der Waals surface area (Å²) in [4.78, 5) is 76.6. The predicted octanol–water partition coefficient (Wildman–Crippen LogP) is 10.5. The highest BCUT2D eigenvalue weighted by molar-refractivity contribution is 6.20. The van der Waals surface area contributed by atoms with Gasteiger partial charge in [0.1, 0.15) is 23.0 Å². The number of hydrogen-bond donors (Lipinski definition) is 0. The van der Waals surface area contributed by atoms with Crippen molar-refractivity contribution in [1.29, 1.82) is 0 Å². The van der Waals surface area contributed by atoms with Gasteiger partial charge in [0, 0.05) is 12.2 Å². The first-order valence-electron chi connectivity index (χ1n) is 21.2. The molecule has 0 fully saturated rings. The Morgan fingerprint density at radius 2 is 0.629 bits per heavy atom. The van der Waals surface area contributed by atoms with E-state index in [0.29, 0.717) is 35.8 Å². The molecule has 4 aromatic carbocycles. The molecule has 62 heavy (non-hydrogen) atoms. The van der Waals surface area contributed by atoms with Gasteiger partial charge < -0.3 is 28.4 Å². The van der Waals surface area contributed by atoms with Crippen molar-refractivity contribution in [1.82, 2.24) is 0 Å². The normalized spacial score (nSPS) is 12.2. The topological polar surface area (TPSA) is 158 Å². The molecule has 0 unspecified atom stereocenters. The summed E-state index contributed by atoms with van der Waals surface area (Å²) in [5.41, 5.74) is 0.637. The molecular formula is C50H52O12. The summed E-state index contributed by atoms with van der Waals surface area (Å²) in [5.74, 6) is -4.40. The molecule has 0 aliphatic heterocycles. The number of ether oxygens (including phenoxy) is 6. The van der Waals surface area contributed by atoms with Gasteiger partial charge in [0.05, 0.1) is 35.5 Å². The van der Waals surface area contributed by atoms with Crippen LogP contribution in [0.3, 0.4) is 0 Å². The average molecular weight is 845 g/mol. The number of carbonyl (C=O) groups is 6. The third-order valence-electron chi connectivity index (χ3n) is 9.73. The van der Waals surface area contributed by atoms with E-state index in [2.05, 4.69) is 13.8 Å². The molecule has 324 valence electrons. The highest BCUT2D eigenvalue weighted by Gasteiger charge is 2.27. The van der Waals surface area contributed by atoms with Crippen molar-refractivity contribution in [2.45, 2.75) is 90.9 Å². The first-order chi connectivity index (χ1) is 30.1. The smallest absolute Gasteiger partial charge is 0.343 e. The van der Waals surface area contributed by atoms with Crippen molar-refractivity contribution in [3.05, 3.63) is 143 Å². The molecule has 0 amide bonds. The lowest BCUT2D eigenvalue weighted by atomic mass is 10.1. The molecule has 12 heteroatoms. The second-order valence-corrected chi connectivity index (χ2v) is 14.6. The summed E-state index contributed by atoms with van der Waals surface area (Å²) in [6.45, 7) is 5.58. The summed E-state index contributed by atoms with van der Waals surface area (Å²) in [5, 5.41) is 0. The van der Waals surface area contributed by atoms with Gasteiger partial charge in [-0.3, -0.25) is 9.59 Å².